The zero-order valence-electron chi connectivity index (χ0n) is 20.5. The van der Waals surface area contributed by atoms with Gasteiger partial charge in [-0.15, -0.1) is 5.10 Å². The van der Waals surface area contributed by atoms with E-state index in [9.17, 15) is 35.1 Å². The molecule has 38 heavy (non-hydrogen) atoms. The Balaban J connectivity index is 1.44. The highest BCUT2D eigenvalue weighted by atomic mass is 16.6. The Morgan fingerprint density at radius 1 is 1.26 bits per heavy atom. The van der Waals surface area contributed by atoms with E-state index in [4.69, 9.17) is 9.84 Å². The number of benzene rings is 1. The van der Waals surface area contributed by atoms with Crippen molar-refractivity contribution in [3.05, 3.63) is 47.8 Å². The number of aryl methyl sites for hydroxylation is 1. The number of allylic oxidation sites excluding steroid dienone is 1. The summed E-state index contributed by atoms with van der Waals surface area (Å²) in [5, 5.41) is 72.6. The number of nitrogens with zero attached hydrogens (tertiary/aromatic N) is 3. The third-order valence-corrected chi connectivity index (χ3v) is 6.70. The second kappa shape index (κ2) is 11.2. The van der Waals surface area contributed by atoms with Gasteiger partial charge in [-0.1, -0.05) is 24.3 Å². The number of hydrogen-bond acceptors (Lipinski definition) is 11. The van der Waals surface area contributed by atoms with Crippen LogP contribution in [0.15, 0.2) is 36.5 Å². The first kappa shape index (κ1) is 27.8. The highest BCUT2D eigenvalue weighted by molar-refractivity contribution is 6.06. The monoisotopic (exact) mass is 533 g/mol. The minimum absolute atomic E-state index is 0.0175. The molecule has 0 radical (unpaired) electrons. The summed E-state index contributed by atoms with van der Waals surface area (Å²) in [6.07, 6.45) is -2.74. The lowest BCUT2D eigenvalue weighted by Gasteiger charge is -2.37. The van der Waals surface area contributed by atoms with Gasteiger partial charge in [-0.2, -0.15) is 0 Å². The van der Waals surface area contributed by atoms with Gasteiger partial charge in [0.05, 0.1) is 5.69 Å². The summed E-state index contributed by atoms with van der Waals surface area (Å²) in [5.41, 5.74) is -0.516. The van der Waals surface area contributed by atoms with Crippen molar-refractivity contribution in [1.29, 1.82) is 0 Å². The maximum Gasteiger partial charge on any atom is 0.261 e. The summed E-state index contributed by atoms with van der Waals surface area (Å²) < 4.78 is 6.57. The first-order valence-corrected chi connectivity index (χ1v) is 12.1. The predicted octanol–water partition coefficient (Wildman–Crippen LogP) is -2.03. The summed E-state index contributed by atoms with van der Waals surface area (Å²) in [5.74, 6) is -2.21. The number of amides is 2. The number of aliphatic hydroxyl groups is 6. The summed E-state index contributed by atoms with van der Waals surface area (Å²) in [6, 6.07) is 4.37. The first-order chi connectivity index (χ1) is 18.1. The standard InChI is InChI=1S/C24H31N5O9/c1-12(4-2-3-8-29-11-14(7-9-30)27-28-29)24(37)15-10-13(5-6-16(15)26-23(24)36)25-21(34)20-18(32)17(31)19(33)22(35)38-20/h2,4-6,10-12,17-20,22,30-33,35,37H,3,7-9H2,1H3,(H,25,34)(H,26,36)/b4-2+/t12-,17-,18-,19+,20-,22+,24+/m0/s1. The van der Waals surface area contributed by atoms with Crippen molar-refractivity contribution in [2.24, 2.45) is 5.92 Å². The third-order valence-electron chi connectivity index (χ3n) is 6.70. The van der Waals surface area contributed by atoms with Crippen LogP contribution in [-0.4, -0.2) is 94.8 Å². The maximum atomic E-state index is 12.8. The van der Waals surface area contributed by atoms with Crippen molar-refractivity contribution in [3.8, 4) is 0 Å². The highest BCUT2D eigenvalue weighted by Gasteiger charge is 2.49. The normalized spacial score (nSPS) is 29.8. The average Bonchev–Trinajstić information content (AvgIpc) is 3.44. The van der Waals surface area contributed by atoms with Gasteiger partial charge in [0.15, 0.2) is 18.0 Å². The van der Waals surface area contributed by atoms with E-state index < -0.39 is 54.0 Å². The number of anilines is 2. The molecule has 0 bridgehead atoms. The lowest BCUT2D eigenvalue weighted by molar-refractivity contribution is -0.274. The van der Waals surface area contributed by atoms with Gasteiger partial charge in [0, 0.05) is 48.6 Å². The van der Waals surface area contributed by atoms with E-state index >= 15 is 0 Å². The van der Waals surface area contributed by atoms with E-state index in [2.05, 4.69) is 20.9 Å². The SMILES string of the molecule is C[C@@H](/C=C/CCn1cc(CCO)nn1)[C@]1(O)C(=O)Nc2ccc(NC(=O)[C@H]3O[C@@H](O)[C@H](O)[C@@H](O)[C@@H]3O)cc21. The van der Waals surface area contributed by atoms with Crippen LogP contribution in [0.3, 0.4) is 0 Å². The van der Waals surface area contributed by atoms with Crippen LogP contribution in [0.4, 0.5) is 11.4 Å². The molecule has 4 rings (SSSR count). The molecular weight excluding hydrogens is 502 g/mol. The average molecular weight is 534 g/mol. The minimum Gasteiger partial charge on any atom is -0.396 e. The van der Waals surface area contributed by atoms with Gasteiger partial charge in [-0.25, -0.2) is 0 Å². The molecule has 14 nitrogen and oxygen atoms in total. The number of fused-ring (bicyclic) bond motifs is 1. The molecule has 2 aliphatic rings. The largest absolute Gasteiger partial charge is 0.396 e. The molecule has 1 aromatic carbocycles. The molecular formula is C24H31N5O9. The Bertz CT molecular complexity index is 1200. The zero-order valence-corrected chi connectivity index (χ0v) is 20.5. The van der Waals surface area contributed by atoms with Crippen LogP contribution in [0.25, 0.3) is 0 Å². The number of hydrogen-bond donors (Lipinski definition) is 8. The van der Waals surface area contributed by atoms with Crippen molar-refractivity contribution in [2.75, 3.05) is 17.2 Å². The molecule has 0 aliphatic carbocycles. The summed E-state index contributed by atoms with van der Waals surface area (Å²) in [4.78, 5) is 25.5. The predicted molar refractivity (Wildman–Crippen MR) is 130 cm³/mol. The first-order valence-electron chi connectivity index (χ1n) is 12.1. The molecule has 14 heteroatoms. The van der Waals surface area contributed by atoms with Crippen LogP contribution < -0.4 is 10.6 Å². The van der Waals surface area contributed by atoms with Gasteiger partial charge in [0.25, 0.3) is 11.8 Å². The topological polar surface area (TPSA) is 220 Å². The fourth-order valence-corrected chi connectivity index (χ4v) is 4.45. The molecule has 3 heterocycles. The summed E-state index contributed by atoms with van der Waals surface area (Å²) >= 11 is 0. The molecule has 2 amide bonds. The third kappa shape index (κ3) is 5.33. The number of nitrogens with one attached hydrogen (secondary N) is 2. The Labute approximate surface area is 217 Å². The van der Waals surface area contributed by atoms with E-state index in [1.807, 2.05) is 0 Å². The summed E-state index contributed by atoms with van der Waals surface area (Å²) in [6.45, 7) is 2.16. The fourth-order valence-electron chi connectivity index (χ4n) is 4.45. The molecule has 1 saturated heterocycles. The van der Waals surface area contributed by atoms with Crippen molar-refractivity contribution in [2.45, 2.75) is 62.6 Å². The maximum absolute atomic E-state index is 12.8. The van der Waals surface area contributed by atoms with Crippen molar-refractivity contribution in [3.63, 3.8) is 0 Å². The van der Waals surface area contributed by atoms with E-state index in [1.54, 1.807) is 30.0 Å². The molecule has 0 unspecified atom stereocenters. The number of carbonyl (C=O) groups is 2. The zero-order chi connectivity index (χ0) is 27.6. The van der Waals surface area contributed by atoms with E-state index in [-0.39, 0.29) is 17.9 Å². The lowest BCUT2D eigenvalue weighted by Crippen LogP contribution is -2.60. The number of aromatic nitrogens is 3. The number of aliphatic hydroxyl groups excluding tert-OH is 5. The van der Waals surface area contributed by atoms with Crippen LogP contribution >= 0.6 is 0 Å². The molecule has 0 saturated carbocycles. The second-order valence-corrected chi connectivity index (χ2v) is 9.34. The fraction of sp³-hybridized carbons (Fsp3) is 0.500. The Morgan fingerprint density at radius 3 is 2.76 bits per heavy atom. The van der Waals surface area contributed by atoms with Gasteiger partial charge in [-0.05, 0) is 24.6 Å². The van der Waals surface area contributed by atoms with Gasteiger partial charge >= 0.3 is 0 Å². The van der Waals surface area contributed by atoms with Crippen LogP contribution in [0.2, 0.25) is 0 Å². The minimum atomic E-state index is -1.94. The van der Waals surface area contributed by atoms with Crippen LogP contribution in [0.1, 0.15) is 24.6 Å². The Kier molecular flexibility index (Phi) is 8.22. The molecule has 8 N–H and O–H groups in total. The van der Waals surface area contributed by atoms with Crippen molar-refractivity contribution >= 4 is 23.2 Å². The van der Waals surface area contributed by atoms with Gasteiger partial charge in [-0.3, -0.25) is 14.3 Å². The van der Waals surface area contributed by atoms with E-state index in [0.29, 0.717) is 30.8 Å². The molecule has 0 spiro atoms. The molecule has 1 fully saturated rings. The number of carbonyl (C=O) groups excluding carboxylic acids is 2. The van der Waals surface area contributed by atoms with Crippen LogP contribution in [-0.2, 0) is 32.9 Å². The summed E-state index contributed by atoms with van der Waals surface area (Å²) in [7, 11) is 0. The van der Waals surface area contributed by atoms with Crippen molar-refractivity contribution in [1.82, 2.24) is 15.0 Å². The van der Waals surface area contributed by atoms with E-state index in [0.717, 1.165) is 0 Å². The number of rotatable bonds is 9. The highest BCUT2D eigenvalue weighted by Crippen LogP contribution is 2.43. The molecule has 1 aromatic heterocycles. The van der Waals surface area contributed by atoms with E-state index in [1.165, 1.54) is 18.2 Å². The smallest absolute Gasteiger partial charge is 0.261 e. The quantitative estimate of drug-likeness (QED) is 0.164. The van der Waals surface area contributed by atoms with Gasteiger partial charge in [0.2, 0.25) is 0 Å². The Hall–Kier alpha value is -3.24. The molecule has 2 aliphatic heterocycles. The number of ether oxygens (including phenoxy) is 1. The van der Waals surface area contributed by atoms with Gasteiger partial charge < -0.3 is 46.0 Å². The molecule has 7 atom stereocenters. The van der Waals surface area contributed by atoms with Crippen LogP contribution in [0, 0.1) is 5.92 Å². The second-order valence-electron chi connectivity index (χ2n) is 9.34. The molecule has 2 aromatic rings. The van der Waals surface area contributed by atoms with Crippen LogP contribution in [0.5, 0.6) is 0 Å². The Morgan fingerprint density at radius 2 is 2.03 bits per heavy atom. The molecule has 206 valence electrons. The lowest BCUT2D eigenvalue weighted by atomic mass is 9.82. The van der Waals surface area contributed by atoms with Crippen molar-refractivity contribution < 1.29 is 45.0 Å². The van der Waals surface area contributed by atoms with Gasteiger partial charge in [0.1, 0.15) is 18.3 Å².